The van der Waals surface area contributed by atoms with Gasteiger partial charge in [-0.2, -0.15) is 0 Å². The fourth-order valence-electron chi connectivity index (χ4n) is 1.85. The van der Waals surface area contributed by atoms with Gasteiger partial charge in [-0.25, -0.2) is 0 Å². The van der Waals surface area contributed by atoms with Crippen LogP contribution in [0, 0.1) is 0 Å². The zero-order valence-electron chi connectivity index (χ0n) is 9.51. The zero-order valence-corrected chi connectivity index (χ0v) is 10.3. The molecular weight excluding hydrogens is 250 g/mol. The molecule has 0 amide bonds. The number of carboxylic acid groups (broad SMARTS) is 1. The van der Waals surface area contributed by atoms with E-state index in [-0.39, 0.29) is 0 Å². The van der Waals surface area contributed by atoms with Gasteiger partial charge in [-0.05, 0) is 29.3 Å². The molecule has 0 saturated heterocycles. The van der Waals surface area contributed by atoms with E-state index in [1.807, 2.05) is 0 Å². The summed E-state index contributed by atoms with van der Waals surface area (Å²) in [4.78, 5) is 11.4. The summed E-state index contributed by atoms with van der Waals surface area (Å²) >= 11 is 6.06. The van der Waals surface area contributed by atoms with Crippen molar-refractivity contribution in [2.45, 2.75) is 5.92 Å². The second-order valence-electron chi connectivity index (χ2n) is 3.96. The van der Waals surface area contributed by atoms with Gasteiger partial charge in [0.25, 0.3) is 0 Å². The molecule has 0 spiro atoms. The number of rotatable bonds is 3. The highest BCUT2D eigenvalue weighted by Crippen LogP contribution is 2.30. The van der Waals surface area contributed by atoms with Crippen LogP contribution in [0.25, 0.3) is 0 Å². The Bertz CT molecular complexity index is 566. The number of aliphatic carboxylic acids is 1. The van der Waals surface area contributed by atoms with Crippen LogP contribution < -0.4 is 5.73 Å². The summed E-state index contributed by atoms with van der Waals surface area (Å²) in [5.74, 6) is -1.72. The van der Waals surface area contributed by atoms with Crippen molar-refractivity contribution >= 4 is 23.3 Å². The average Bonchev–Trinajstić information content (AvgIpc) is 2.34. The molecule has 0 fully saturated rings. The molecule has 2 rings (SSSR count). The molecule has 0 radical (unpaired) electrons. The van der Waals surface area contributed by atoms with Gasteiger partial charge in [0.05, 0.1) is 0 Å². The van der Waals surface area contributed by atoms with Crippen LogP contribution >= 0.6 is 11.6 Å². The smallest absolute Gasteiger partial charge is 0.315 e. The number of hydrogen-bond acceptors (Lipinski definition) is 2. The van der Waals surface area contributed by atoms with Crippen LogP contribution in [0.15, 0.2) is 48.5 Å². The third kappa shape index (κ3) is 2.46. The Kier molecular flexibility index (Phi) is 3.53. The summed E-state index contributed by atoms with van der Waals surface area (Å²) < 4.78 is 0. The van der Waals surface area contributed by atoms with Gasteiger partial charge in [-0.1, -0.05) is 41.9 Å². The van der Waals surface area contributed by atoms with E-state index in [4.69, 9.17) is 17.3 Å². The maximum absolute atomic E-state index is 11.4. The van der Waals surface area contributed by atoms with Crippen LogP contribution in [0.4, 0.5) is 5.69 Å². The third-order valence-electron chi connectivity index (χ3n) is 2.73. The van der Waals surface area contributed by atoms with Crippen molar-refractivity contribution in [3.63, 3.8) is 0 Å². The maximum atomic E-state index is 11.4. The van der Waals surface area contributed by atoms with E-state index in [1.165, 1.54) is 0 Å². The van der Waals surface area contributed by atoms with Gasteiger partial charge in [-0.15, -0.1) is 0 Å². The zero-order chi connectivity index (χ0) is 13.1. The Morgan fingerprint density at radius 3 is 2.28 bits per heavy atom. The standard InChI is InChI=1S/C14H12ClNO2/c15-12-4-2-1-3-11(12)13(14(17)18)9-5-7-10(16)8-6-9/h1-8,13H,16H2,(H,17,18). The van der Waals surface area contributed by atoms with Gasteiger partial charge >= 0.3 is 5.97 Å². The Morgan fingerprint density at radius 2 is 1.72 bits per heavy atom. The van der Waals surface area contributed by atoms with Gasteiger partial charge in [-0.3, -0.25) is 4.79 Å². The second kappa shape index (κ2) is 5.10. The predicted molar refractivity (Wildman–Crippen MR) is 71.8 cm³/mol. The Labute approximate surface area is 110 Å². The van der Waals surface area contributed by atoms with Gasteiger partial charge in [0, 0.05) is 10.7 Å². The number of carboxylic acids is 1. The molecule has 4 heteroatoms. The highest BCUT2D eigenvalue weighted by atomic mass is 35.5. The SMILES string of the molecule is Nc1ccc(C(C(=O)O)c2ccccc2Cl)cc1. The molecule has 0 aliphatic rings. The number of hydrogen-bond donors (Lipinski definition) is 2. The summed E-state index contributed by atoms with van der Waals surface area (Å²) in [7, 11) is 0. The molecule has 3 N–H and O–H groups in total. The number of benzene rings is 2. The molecule has 0 aliphatic carbocycles. The van der Waals surface area contributed by atoms with Crippen LogP contribution in [0.3, 0.4) is 0 Å². The highest BCUT2D eigenvalue weighted by molar-refractivity contribution is 6.31. The number of nitrogen functional groups attached to an aromatic ring is 1. The first-order chi connectivity index (χ1) is 8.59. The van der Waals surface area contributed by atoms with Gasteiger partial charge in [0.15, 0.2) is 0 Å². The normalized spacial score (nSPS) is 12.1. The van der Waals surface area contributed by atoms with E-state index in [0.29, 0.717) is 21.8 Å². The predicted octanol–water partition coefficient (Wildman–Crippen LogP) is 3.14. The molecule has 3 nitrogen and oxygen atoms in total. The topological polar surface area (TPSA) is 63.3 Å². The lowest BCUT2D eigenvalue weighted by molar-refractivity contribution is -0.137. The molecule has 92 valence electrons. The largest absolute Gasteiger partial charge is 0.481 e. The number of halogens is 1. The molecule has 2 aromatic rings. The van der Waals surface area contributed by atoms with E-state index in [9.17, 15) is 9.90 Å². The third-order valence-corrected chi connectivity index (χ3v) is 3.08. The van der Waals surface area contributed by atoms with Crippen molar-refractivity contribution in [2.75, 3.05) is 5.73 Å². The van der Waals surface area contributed by atoms with Crippen LogP contribution in [0.2, 0.25) is 5.02 Å². The summed E-state index contributed by atoms with van der Waals surface area (Å²) in [6.45, 7) is 0. The summed E-state index contributed by atoms with van der Waals surface area (Å²) in [6.07, 6.45) is 0. The minimum Gasteiger partial charge on any atom is -0.481 e. The molecule has 0 heterocycles. The number of nitrogens with two attached hydrogens (primary N) is 1. The molecule has 0 aliphatic heterocycles. The quantitative estimate of drug-likeness (QED) is 0.835. The molecule has 0 aromatic heterocycles. The van der Waals surface area contributed by atoms with Crippen molar-refractivity contribution in [3.8, 4) is 0 Å². The van der Waals surface area contributed by atoms with Crippen molar-refractivity contribution < 1.29 is 9.90 Å². The van der Waals surface area contributed by atoms with Crippen molar-refractivity contribution in [1.29, 1.82) is 0 Å². The van der Waals surface area contributed by atoms with E-state index >= 15 is 0 Å². The minimum absolute atomic E-state index is 0.446. The average molecular weight is 262 g/mol. The molecule has 18 heavy (non-hydrogen) atoms. The van der Waals surface area contributed by atoms with Crippen molar-refractivity contribution in [3.05, 3.63) is 64.7 Å². The first-order valence-corrected chi connectivity index (χ1v) is 5.80. The number of anilines is 1. The van der Waals surface area contributed by atoms with Crippen LogP contribution in [0.5, 0.6) is 0 Å². The van der Waals surface area contributed by atoms with Gasteiger partial charge in [0.2, 0.25) is 0 Å². The van der Waals surface area contributed by atoms with Gasteiger partial charge < -0.3 is 10.8 Å². The minimum atomic E-state index is -0.937. The van der Waals surface area contributed by atoms with Crippen LogP contribution in [-0.2, 0) is 4.79 Å². The Morgan fingerprint density at radius 1 is 1.11 bits per heavy atom. The molecule has 2 aromatic carbocycles. The van der Waals surface area contributed by atoms with E-state index in [0.717, 1.165) is 0 Å². The lowest BCUT2D eigenvalue weighted by atomic mass is 9.91. The fourth-order valence-corrected chi connectivity index (χ4v) is 2.10. The first-order valence-electron chi connectivity index (χ1n) is 5.42. The van der Waals surface area contributed by atoms with E-state index < -0.39 is 11.9 Å². The molecule has 1 atom stereocenters. The lowest BCUT2D eigenvalue weighted by Gasteiger charge is -2.14. The molecule has 1 unspecified atom stereocenters. The highest BCUT2D eigenvalue weighted by Gasteiger charge is 2.23. The Hall–Kier alpha value is -2.00. The Balaban J connectivity index is 2.50. The molecule has 0 saturated carbocycles. The molecule has 0 bridgehead atoms. The second-order valence-corrected chi connectivity index (χ2v) is 4.37. The lowest BCUT2D eigenvalue weighted by Crippen LogP contribution is -2.13. The fraction of sp³-hybridized carbons (Fsp3) is 0.0714. The summed E-state index contributed by atoms with van der Waals surface area (Å²) in [6, 6.07) is 13.7. The van der Waals surface area contributed by atoms with Crippen molar-refractivity contribution in [2.24, 2.45) is 0 Å². The van der Waals surface area contributed by atoms with Crippen LogP contribution in [0.1, 0.15) is 17.0 Å². The van der Waals surface area contributed by atoms with E-state index in [1.54, 1.807) is 48.5 Å². The van der Waals surface area contributed by atoms with Crippen LogP contribution in [-0.4, -0.2) is 11.1 Å². The van der Waals surface area contributed by atoms with Gasteiger partial charge in [0.1, 0.15) is 5.92 Å². The first kappa shape index (κ1) is 12.5. The summed E-state index contributed by atoms with van der Waals surface area (Å²) in [5, 5.41) is 9.83. The van der Waals surface area contributed by atoms with Crippen molar-refractivity contribution in [1.82, 2.24) is 0 Å². The molecular formula is C14H12ClNO2. The maximum Gasteiger partial charge on any atom is 0.315 e. The van der Waals surface area contributed by atoms with E-state index in [2.05, 4.69) is 0 Å². The number of carbonyl (C=O) groups is 1. The monoisotopic (exact) mass is 261 g/mol. The summed E-state index contributed by atoms with van der Waals surface area (Å²) in [5.41, 5.74) is 7.43.